The van der Waals surface area contributed by atoms with Crippen molar-refractivity contribution in [2.45, 2.75) is 13.8 Å². The van der Waals surface area contributed by atoms with Crippen molar-refractivity contribution in [3.8, 4) is 5.69 Å². The van der Waals surface area contributed by atoms with Gasteiger partial charge in [-0.3, -0.25) is 0 Å². The third kappa shape index (κ3) is 1.75. The Bertz CT molecular complexity index is 1080. The second-order valence-electron chi connectivity index (χ2n) is 5.45. The van der Waals surface area contributed by atoms with Gasteiger partial charge in [0.1, 0.15) is 5.52 Å². The van der Waals surface area contributed by atoms with E-state index in [4.69, 9.17) is 0 Å². The van der Waals surface area contributed by atoms with E-state index in [1.807, 2.05) is 66.9 Å². The van der Waals surface area contributed by atoms with E-state index in [1.165, 1.54) is 0 Å². The smallest absolute Gasteiger partial charge is 0.244 e. The molecule has 0 atom stereocenters. The minimum Gasteiger partial charge on any atom is -0.244 e. The fraction of sp³-hybridized carbons (Fsp3) is 0.118. The number of fused-ring (bicyclic) bond motifs is 3. The van der Waals surface area contributed by atoms with Crippen molar-refractivity contribution in [2.24, 2.45) is 0 Å². The van der Waals surface area contributed by atoms with Crippen LogP contribution in [0.1, 0.15) is 11.3 Å². The summed E-state index contributed by atoms with van der Waals surface area (Å²) in [5.41, 5.74) is 4.85. The summed E-state index contributed by atoms with van der Waals surface area (Å²) in [5, 5.41) is 3.17. The topological polar surface area (TPSA) is 54.8 Å². The highest BCUT2D eigenvalue weighted by molar-refractivity contribution is 5.72. The van der Waals surface area contributed by atoms with Gasteiger partial charge in [-0.25, -0.2) is 9.78 Å². The Kier molecular flexibility index (Phi) is 2.63. The Morgan fingerprint density at radius 3 is 2.73 bits per heavy atom. The fourth-order valence-electron chi connectivity index (χ4n) is 2.81. The number of para-hydroxylation sites is 2. The SMILES string of the molecule is Cc1cccc(-n2[nH][n+]3c(c(C)nc4ccccc43)c2=O)c1. The number of hydrogen-bond donors (Lipinski definition) is 1. The second kappa shape index (κ2) is 4.53. The summed E-state index contributed by atoms with van der Waals surface area (Å²) in [6, 6.07) is 15.6. The van der Waals surface area contributed by atoms with Gasteiger partial charge >= 0.3 is 5.56 Å². The van der Waals surface area contributed by atoms with Gasteiger partial charge in [-0.1, -0.05) is 34.2 Å². The van der Waals surface area contributed by atoms with Gasteiger partial charge in [-0.05, 0) is 43.7 Å². The molecule has 0 saturated carbocycles. The first kappa shape index (κ1) is 12.8. The minimum atomic E-state index is -0.0960. The molecule has 5 nitrogen and oxygen atoms in total. The number of benzene rings is 2. The van der Waals surface area contributed by atoms with Crippen molar-refractivity contribution in [3.05, 3.63) is 70.1 Å². The molecule has 0 aliphatic heterocycles. The molecule has 4 aromatic rings. The lowest BCUT2D eigenvalue weighted by Gasteiger charge is -1.97. The molecule has 0 bridgehead atoms. The third-order valence-electron chi connectivity index (χ3n) is 3.84. The molecule has 108 valence electrons. The van der Waals surface area contributed by atoms with Crippen molar-refractivity contribution in [3.63, 3.8) is 0 Å². The molecule has 22 heavy (non-hydrogen) atoms. The van der Waals surface area contributed by atoms with E-state index < -0.39 is 0 Å². The summed E-state index contributed by atoms with van der Waals surface area (Å²) in [6.07, 6.45) is 0. The molecule has 0 fully saturated rings. The Hall–Kier alpha value is -2.95. The molecule has 0 amide bonds. The molecule has 2 heterocycles. The number of nitrogens with one attached hydrogen (secondary N) is 1. The predicted octanol–water partition coefficient (Wildman–Crippen LogP) is 2.07. The van der Waals surface area contributed by atoms with E-state index in [-0.39, 0.29) is 5.56 Å². The molecule has 0 unspecified atom stereocenters. The van der Waals surface area contributed by atoms with E-state index in [2.05, 4.69) is 10.2 Å². The zero-order chi connectivity index (χ0) is 15.3. The molecule has 5 heteroatoms. The van der Waals surface area contributed by atoms with Crippen molar-refractivity contribution < 1.29 is 4.52 Å². The van der Waals surface area contributed by atoms with E-state index in [1.54, 1.807) is 4.68 Å². The molecule has 2 aromatic carbocycles. The van der Waals surface area contributed by atoms with Crippen LogP contribution in [-0.2, 0) is 0 Å². The van der Waals surface area contributed by atoms with E-state index in [9.17, 15) is 4.79 Å². The lowest BCUT2D eigenvalue weighted by atomic mass is 10.2. The van der Waals surface area contributed by atoms with Crippen LogP contribution < -0.4 is 10.1 Å². The van der Waals surface area contributed by atoms with Gasteiger partial charge in [0.2, 0.25) is 0 Å². The number of rotatable bonds is 1. The molecule has 4 rings (SSSR count). The first-order chi connectivity index (χ1) is 10.6. The molecule has 0 saturated heterocycles. The van der Waals surface area contributed by atoms with Gasteiger partial charge in [0.25, 0.3) is 5.52 Å². The normalized spacial score (nSPS) is 11.4. The Labute approximate surface area is 126 Å². The van der Waals surface area contributed by atoms with Gasteiger partial charge < -0.3 is 0 Å². The summed E-state index contributed by atoms with van der Waals surface area (Å²) in [4.78, 5) is 17.3. The average Bonchev–Trinajstić information content (AvgIpc) is 2.86. The van der Waals surface area contributed by atoms with Crippen molar-refractivity contribution in [1.82, 2.24) is 14.9 Å². The number of hydrogen-bond acceptors (Lipinski definition) is 2. The van der Waals surface area contributed by atoms with Crippen LogP contribution in [0.5, 0.6) is 0 Å². The molecule has 0 aliphatic carbocycles. The maximum Gasteiger partial charge on any atom is 0.408 e. The zero-order valence-electron chi connectivity index (χ0n) is 12.4. The zero-order valence-corrected chi connectivity index (χ0v) is 12.4. The number of aromatic amines is 1. The van der Waals surface area contributed by atoms with Crippen LogP contribution >= 0.6 is 0 Å². The van der Waals surface area contributed by atoms with E-state index >= 15 is 0 Å². The Morgan fingerprint density at radius 2 is 1.91 bits per heavy atom. The summed E-state index contributed by atoms with van der Waals surface area (Å²) >= 11 is 0. The maximum absolute atomic E-state index is 12.8. The number of aromatic nitrogens is 4. The van der Waals surface area contributed by atoms with Crippen LogP contribution in [-0.4, -0.2) is 14.9 Å². The van der Waals surface area contributed by atoms with Crippen LogP contribution in [0.4, 0.5) is 0 Å². The van der Waals surface area contributed by atoms with Gasteiger partial charge in [0, 0.05) is 0 Å². The summed E-state index contributed by atoms with van der Waals surface area (Å²) in [6.45, 7) is 3.87. The second-order valence-corrected chi connectivity index (χ2v) is 5.45. The highest BCUT2D eigenvalue weighted by atomic mass is 16.1. The van der Waals surface area contributed by atoms with Gasteiger partial charge in [0.05, 0.1) is 5.69 Å². The standard InChI is InChI=1S/C17H14N4O/c1-11-6-5-7-13(10-11)20-17(22)16-12(2)18-14-8-3-4-9-15(14)21(16)19-20/h3-10H,1-2H3/p+1. The molecular weight excluding hydrogens is 276 g/mol. The van der Waals surface area contributed by atoms with Crippen LogP contribution in [0.3, 0.4) is 0 Å². The molecule has 2 aromatic heterocycles. The van der Waals surface area contributed by atoms with E-state index in [0.717, 1.165) is 22.3 Å². The Morgan fingerprint density at radius 1 is 1.09 bits per heavy atom. The lowest BCUT2D eigenvalue weighted by Crippen LogP contribution is -2.27. The van der Waals surface area contributed by atoms with E-state index in [0.29, 0.717) is 11.2 Å². The molecule has 1 N–H and O–H groups in total. The fourth-order valence-corrected chi connectivity index (χ4v) is 2.81. The monoisotopic (exact) mass is 291 g/mol. The molecular formula is C17H15N4O+. The Balaban J connectivity index is 2.15. The van der Waals surface area contributed by atoms with Crippen molar-refractivity contribution in [2.75, 3.05) is 0 Å². The first-order valence-corrected chi connectivity index (χ1v) is 7.14. The van der Waals surface area contributed by atoms with Crippen LogP contribution in [0.2, 0.25) is 0 Å². The largest absolute Gasteiger partial charge is 0.408 e. The van der Waals surface area contributed by atoms with Crippen LogP contribution in [0, 0.1) is 13.8 Å². The number of H-pyrrole nitrogens is 1. The maximum atomic E-state index is 12.8. The highest BCUT2D eigenvalue weighted by Crippen LogP contribution is 2.11. The average molecular weight is 291 g/mol. The third-order valence-corrected chi connectivity index (χ3v) is 3.84. The van der Waals surface area contributed by atoms with Crippen LogP contribution in [0.15, 0.2) is 53.3 Å². The van der Waals surface area contributed by atoms with Gasteiger partial charge in [-0.15, -0.1) is 4.52 Å². The summed E-state index contributed by atoms with van der Waals surface area (Å²) in [7, 11) is 0. The predicted molar refractivity (Wildman–Crippen MR) is 84.3 cm³/mol. The number of aryl methyl sites for hydroxylation is 2. The van der Waals surface area contributed by atoms with Gasteiger partial charge in [-0.2, -0.15) is 0 Å². The lowest BCUT2D eigenvalue weighted by molar-refractivity contribution is -0.556. The van der Waals surface area contributed by atoms with Crippen molar-refractivity contribution >= 4 is 16.6 Å². The summed E-state index contributed by atoms with van der Waals surface area (Å²) in [5.74, 6) is 0. The summed E-state index contributed by atoms with van der Waals surface area (Å²) < 4.78 is 3.37. The first-order valence-electron chi connectivity index (χ1n) is 7.14. The number of nitrogens with zero attached hydrogens (tertiary/aromatic N) is 3. The van der Waals surface area contributed by atoms with Crippen LogP contribution in [0.25, 0.3) is 22.2 Å². The highest BCUT2D eigenvalue weighted by Gasteiger charge is 2.22. The minimum absolute atomic E-state index is 0.0960. The molecule has 0 radical (unpaired) electrons. The molecule has 0 spiro atoms. The molecule has 0 aliphatic rings. The van der Waals surface area contributed by atoms with Gasteiger partial charge in [0.15, 0.2) is 11.2 Å². The van der Waals surface area contributed by atoms with Crippen molar-refractivity contribution in [1.29, 1.82) is 0 Å². The quantitative estimate of drug-likeness (QED) is 0.546.